The molecule has 23 heavy (non-hydrogen) atoms. The van der Waals surface area contributed by atoms with Gasteiger partial charge in [-0.3, -0.25) is 10.1 Å². The van der Waals surface area contributed by atoms with Crippen LogP contribution in [-0.2, 0) is 10.0 Å². The molecule has 118 valence electrons. The summed E-state index contributed by atoms with van der Waals surface area (Å²) < 4.78 is 23.5. The molecule has 0 aliphatic rings. The highest BCUT2D eigenvalue weighted by atomic mass is 32.2. The van der Waals surface area contributed by atoms with Gasteiger partial charge in [-0.05, 0) is 17.5 Å². The predicted octanol–water partition coefficient (Wildman–Crippen LogP) is 1.35. The SMILES string of the molecule is NS(=O)(=O)c1cccc2c1c([N+](=O)[O-])cc1nc(O)c(O)cc12. The fourth-order valence-corrected chi connectivity index (χ4v) is 3.20. The van der Waals surface area contributed by atoms with Gasteiger partial charge in [0, 0.05) is 11.5 Å². The van der Waals surface area contributed by atoms with E-state index in [1.807, 2.05) is 0 Å². The van der Waals surface area contributed by atoms with Crippen LogP contribution in [0.1, 0.15) is 0 Å². The Morgan fingerprint density at radius 3 is 2.48 bits per heavy atom. The molecule has 0 unspecified atom stereocenters. The van der Waals surface area contributed by atoms with Gasteiger partial charge in [-0.1, -0.05) is 12.1 Å². The zero-order valence-electron chi connectivity index (χ0n) is 11.3. The van der Waals surface area contributed by atoms with Crippen LogP contribution in [0.25, 0.3) is 21.7 Å². The average Bonchev–Trinajstić information content (AvgIpc) is 2.46. The van der Waals surface area contributed by atoms with Gasteiger partial charge in [0.15, 0.2) is 5.75 Å². The topological polar surface area (TPSA) is 157 Å². The fraction of sp³-hybridized carbons (Fsp3) is 0. The summed E-state index contributed by atoms with van der Waals surface area (Å²) in [5.41, 5.74) is -0.485. The van der Waals surface area contributed by atoms with E-state index in [0.717, 1.165) is 18.2 Å². The largest absolute Gasteiger partial charge is 0.503 e. The van der Waals surface area contributed by atoms with Gasteiger partial charge in [-0.2, -0.15) is 0 Å². The number of nitrogens with two attached hydrogens (primary N) is 1. The van der Waals surface area contributed by atoms with E-state index in [-0.39, 0.29) is 21.7 Å². The number of nitrogens with zero attached hydrogens (tertiary/aromatic N) is 2. The van der Waals surface area contributed by atoms with Crippen LogP contribution >= 0.6 is 0 Å². The molecule has 0 aliphatic heterocycles. The van der Waals surface area contributed by atoms with Crippen molar-refractivity contribution in [3.8, 4) is 11.6 Å². The summed E-state index contributed by atoms with van der Waals surface area (Å²) in [6.07, 6.45) is 0. The number of fused-ring (bicyclic) bond motifs is 3. The first-order chi connectivity index (χ1) is 10.7. The van der Waals surface area contributed by atoms with Crippen LogP contribution in [0.3, 0.4) is 0 Å². The molecule has 2 aromatic carbocycles. The number of primary sulfonamides is 1. The number of non-ortho nitro benzene ring substituents is 1. The summed E-state index contributed by atoms with van der Waals surface area (Å²) in [6, 6.07) is 6.14. The molecule has 3 aromatic rings. The van der Waals surface area contributed by atoms with Crippen LogP contribution in [0, 0.1) is 10.1 Å². The number of aromatic nitrogens is 1. The number of nitro groups is 1. The highest BCUT2D eigenvalue weighted by Gasteiger charge is 2.24. The maximum absolute atomic E-state index is 11.7. The Kier molecular flexibility index (Phi) is 3.09. The van der Waals surface area contributed by atoms with E-state index >= 15 is 0 Å². The molecule has 0 saturated heterocycles. The summed E-state index contributed by atoms with van der Waals surface area (Å²) in [6.45, 7) is 0. The van der Waals surface area contributed by atoms with Crippen molar-refractivity contribution < 1.29 is 23.6 Å². The van der Waals surface area contributed by atoms with E-state index in [1.165, 1.54) is 12.1 Å². The van der Waals surface area contributed by atoms with Crippen molar-refractivity contribution in [1.82, 2.24) is 4.98 Å². The van der Waals surface area contributed by atoms with Crippen molar-refractivity contribution in [2.75, 3.05) is 0 Å². The van der Waals surface area contributed by atoms with Crippen LogP contribution < -0.4 is 5.14 Å². The Bertz CT molecular complexity index is 1090. The Labute approximate surface area is 128 Å². The van der Waals surface area contributed by atoms with E-state index < -0.39 is 37.2 Å². The van der Waals surface area contributed by atoms with Crippen molar-refractivity contribution in [3.05, 3.63) is 40.4 Å². The maximum atomic E-state index is 11.7. The highest BCUT2D eigenvalue weighted by Crippen LogP contribution is 2.38. The third-order valence-electron chi connectivity index (χ3n) is 3.36. The molecular formula is C13H9N3O6S. The molecular weight excluding hydrogens is 326 g/mol. The molecule has 0 spiro atoms. The number of sulfonamides is 1. The molecule has 0 bridgehead atoms. The lowest BCUT2D eigenvalue weighted by atomic mass is 10.0. The summed E-state index contributed by atoms with van der Waals surface area (Å²) in [5.74, 6) is -1.22. The number of nitro benzene ring substituents is 1. The molecule has 0 radical (unpaired) electrons. The third kappa shape index (κ3) is 2.29. The van der Waals surface area contributed by atoms with Crippen molar-refractivity contribution in [3.63, 3.8) is 0 Å². The molecule has 0 atom stereocenters. The molecule has 0 aliphatic carbocycles. The van der Waals surface area contributed by atoms with Gasteiger partial charge in [0.25, 0.3) is 11.6 Å². The first-order valence-corrected chi connectivity index (χ1v) is 7.70. The van der Waals surface area contributed by atoms with Crippen molar-refractivity contribution in [2.24, 2.45) is 5.14 Å². The van der Waals surface area contributed by atoms with Gasteiger partial charge < -0.3 is 10.2 Å². The molecule has 10 heteroatoms. The summed E-state index contributed by atoms with van der Waals surface area (Å²) >= 11 is 0. The minimum Gasteiger partial charge on any atom is -0.503 e. The summed E-state index contributed by atoms with van der Waals surface area (Å²) in [7, 11) is -4.21. The summed E-state index contributed by atoms with van der Waals surface area (Å²) in [5, 5.41) is 35.7. The zero-order chi connectivity index (χ0) is 16.9. The first-order valence-electron chi connectivity index (χ1n) is 6.16. The van der Waals surface area contributed by atoms with Gasteiger partial charge in [-0.25, -0.2) is 18.5 Å². The van der Waals surface area contributed by atoms with E-state index in [1.54, 1.807) is 0 Å². The molecule has 4 N–H and O–H groups in total. The second-order valence-corrected chi connectivity index (χ2v) is 6.30. The standard InChI is InChI=1S/C13H9N3O6S/c14-23(21,22)11-3-1-2-6-7-4-10(17)13(18)15-8(7)5-9(12(6)11)16(19)20/h1-5,17H,(H,15,18)(H2,14,21,22). The minimum atomic E-state index is -4.21. The third-order valence-corrected chi connectivity index (χ3v) is 4.31. The number of rotatable bonds is 2. The fourth-order valence-electron chi connectivity index (χ4n) is 2.44. The Balaban J connectivity index is 2.66. The quantitative estimate of drug-likeness (QED) is 0.362. The normalized spacial score (nSPS) is 11.9. The predicted molar refractivity (Wildman–Crippen MR) is 80.6 cm³/mol. The number of pyridine rings is 1. The molecule has 0 fully saturated rings. The van der Waals surface area contributed by atoms with Crippen LogP contribution in [0.5, 0.6) is 11.6 Å². The van der Waals surface area contributed by atoms with Crippen LogP contribution in [0.2, 0.25) is 0 Å². The maximum Gasteiger partial charge on any atom is 0.280 e. The lowest BCUT2D eigenvalue weighted by Gasteiger charge is -2.09. The molecule has 1 aromatic heterocycles. The van der Waals surface area contributed by atoms with Gasteiger partial charge in [0.1, 0.15) is 0 Å². The van der Waals surface area contributed by atoms with Gasteiger partial charge in [0.2, 0.25) is 10.0 Å². The lowest BCUT2D eigenvalue weighted by molar-refractivity contribution is -0.383. The van der Waals surface area contributed by atoms with E-state index in [4.69, 9.17) is 5.14 Å². The second kappa shape index (κ2) is 4.76. The van der Waals surface area contributed by atoms with Crippen LogP contribution in [0.4, 0.5) is 5.69 Å². The lowest BCUT2D eigenvalue weighted by Crippen LogP contribution is -2.13. The molecule has 1 heterocycles. The zero-order valence-corrected chi connectivity index (χ0v) is 12.1. The average molecular weight is 335 g/mol. The van der Waals surface area contributed by atoms with E-state index in [2.05, 4.69) is 4.98 Å². The van der Waals surface area contributed by atoms with Crippen molar-refractivity contribution >= 4 is 37.4 Å². The Hall–Kier alpha value is -2.98. The van der Waals surface area contributed by atoms with E-state index in [9.17, 15) is 28.7 Å². The second-order valence-electron chi connectivity index (χ2n) is 4.77. The Morgan fingerprint density at radius 2 is 1.87 bits per heavy atom. The number of hydrogen-bond acceptors (Lipinski definition) is 7. The number of benzene rings is 2. The minimum absolute atomic E-state index is 0.0334. The van der Waals surface area contributed by atoms with Gasteiger partial charge in [0.05, 0.1) is 20.7 Å². The molecule has 0 amide bonds. The van der Waals surface area contributed by atoms with Crippen LogP contribution in [0.15, 0.2) is 35.2 Å². The van der Waals surface area contributed by atoms with E-state index in [0.29, 0.717) is 0 Å². The monoisotopic (exact) mass is 335 g/mol. The first kappa shape index (κ1) is 14.9. The smallest absolute Gasteiger partial charge is 0.280 e. The van der Waals surface area contributed by atoms with Gasteiger partial charge in [-0.15, -0.1) is 0 Å². The molecule has 3 rings (SSSR count). The highest BCUT2D eigenvalue weighted by molar-refractivity contribution is 7.89. The van der Waals surface area contributed by atoms with Crippen LogP contribution in [-0.4, -0.2) is 28.5 Å². The molecule has 0 saturated carbocycles. The molecule has 9 nitrogen and oxygen atoms in total. The number of hydrogen-bond donors (Lipinski definition) is 3. The van der Waals surface area contributed by atoms with Crippen molar-refractivity contribution in [1.29, 1.82) is 0 Å². The van der Waals surface area contributed by atoms with Crippen molar-refractivity contribution in [2.45, 2.75) is 4.90 Å². The Morgan fingerprint density at radius 1 is 1.17 bits per heavy atom. The summed E-state index contributed by atoms with van der Waals surface area (Å²) in [4.78, 5) is 13.8. The number of aromatic hydroxyl groups is 2. The van der Waals surface area contributed by atoms with Gasteiger partial charge >= 0.3 is 0 Å².